The molecule has 0 aliphatic rings. The predicted molar refractivity (Wildman–Crippen MR) is 69.1 cm³/mol. The van der Waals surface area contributed by atoms with E-state index in [1.807, 2.05) is 0 Å². The topological polar surface area (TPSA) is 89.3 Å². The van der Waals surface area contributed by atoms with Crippen molar-refractivity contribution in [3.63, 3.8) is 0 Å². The molecule has 1 aromatic rings. The van der Waals surface area contributed by atoms with Crippen molar-refractivity contribution in [2.45, 2.75) is 13.5 Å². The van der Waals surface area contributed by atoms with Gasteiger partial charge in [0.2, 0.25) is 0 Å². The van der Waals surface area contributed by atoms with Crippen LogP contribution in [0.3, 0.4) is 0 Å². The minimum Gasteiger partial charge on any atom is -0.311 e. The Kier molecular flexibility index (Phi) is 5.24. The molecule has 100 valence electrons. The third-order valence-electron chi connectivity index (χ3n) is 2.53. The second-order valence-electron chi connectivity index (χ2n) is 3.80. The van der Waals surface area contributed by atoms with E-state index in [-0.39, 0.29) is 23.7 Å². The lowest BCUT2D eigenvalue weighted by Crippen LogP contribution is -2.23. The molecule has 18 heavy (non-hydrogen) atoms. The molecular formula is C11H16N2O4S. The normalized spacial score (nSPS) is 11.4. The fourth-order valence-electron chi connectivity index (χ4n) is 1.43. The fourth-order valence-corrected chi connectivity index (χ4v) is 2.18. The first-order valence-corrected chi connectivity index (χ1v) is 7.42. The highest BCUT2D eigenvalue weighted by molar-refractivity contribution is 7.91. The summed E-state index contributed by atoms with van der Waals surface area (Å²) in [6, 6.07) is 6.40. The molecule has 6 nitrogen and oxygen atoms in total. The third kappa shape index (κ3) is 4.42. The maximum absolute atomic E-state index is 11.2. The van der Waals surface area contributed by atoms with E-state index in [0.717, 1.165) is 0 Å². The van der Waals surface area contributed by atoms with E-state index in [9.17, 15) is 18.5 Å². The summed E-state index contributed by atoms with van der Waals surface area (Å²) < 4.78 is 22.5. The summed E-state index contributed by atoms with van der Waals surface area (Å²) in [5, 5.41) is 13.6. The highest BCUT2D eigenvalue weighted by Crippen LogP contribution is 2.16. The van der Waals surface area contributed by atoms with E-state index in [1.54, 1.807) is 25.1 Å². The summed E-state index contributed by atoms with van der Waals surface area (Å²) >= 11 is 0. The summed E-state index contributed by atoms with van der Waals surface area (Å²) in [5.74, 6) is 0.157. The smallest absolute Gasteiger partial charge is 0.273 e. The van der Waals surface area contributed by atoms with Crippen LogP contribution in [-0.4, -0.2) is 31.4 Å². The second kappa shape index (κ2) is 6.46. The summed E-state index contributed by atoms with van der Waals surface area (Å²) in [6.45, 7) is 2.18. The zero-order valence-electron chi connectivity index (χ0n) is 10.1. The summed E-state index contributed by atoms with van der Waals surface area (Å²) in [4.78, 5) is 10.3. The lowest BCUT2D eigenvalue weighted by molar-refractivity contribution is -0.385. The van der Waals surface area contributed by atoms with Crippen LogP contribution in [0.4, 0.5) is 5.69 Å². The second-order valence-corrected chi connectivity index (χ2v) is 6.27. The van der Waals surface area contributed by atoms with Gasteiger partial charge >= 0.3 is 0 Å². The molecule has 0 atom stereocenters. The Balaban J connectivity index is 2.52. The van der Waals surface area contributed by atoms with Crippen LogP contribution in [0.1, 0.15) is 12.5 Å². The summed E-state index contributed by atoms with van der Waals surface area (Å²) in [6.07, 6.45) is 0. The van der Waals surface area contributed by atoms with Gasteiger partial charge in [-0.3, -0.25) is 10.1 Å². The average molecular weight is 272 g/mol. The molecule has 0 radical (unpaired) electrons. The first kappa shape index (κ1) is 14.6. The van der Waals surface area contributed by atoms with Crippen LogP contribution in [0, 0.1) is 10.1 Å². The number of rotatable bonds is 7. The minimum atomic E-state index is -3.00. The van der Waals surface area contributed by atoms with Crippen molar-refractivity contribution in [3.05, 3.63) is 39.9 Å². The molecule has 0 unspecified atom stereocenters. The van der Waals surface area contributed by atoms with E-state index in [0.29, 0.717) is 12.1 Å². The Morgan fingerprint density at radius 1 is 1.33 bits per heavy atom. The lowest BCUT2D eigenvalue weighted by atomic mass is 10.2. The Hall–Kier alpha value is -1.47. The van der Waals surface area contributed by atoms with Crippen LogP contribution in [0.25, 0.3) is 0 Å². The van der Waals surface area contributed by atoms with Crippen LogP contribution in [0.5, 0.6) is 0 Å². The summed E-state index contributed by atoms with van der Waals surface area (Å²) in [5.41, 5.74) is 0.597. The minimum absolute atomic E-state index is 0.0448. The highest BCUT2D eigenvalue weighted by Gasteiger charge is 2.12. The van der Waals surface area contributed by atoms with E-state index in [4.69, 9.17) is 0 Å². The molecule has 1 rings (SSSR count). The molecule has 7 heteroatoms. The van der Waals surface area contributed by atoms with Crippen molar-refractivity contribution in [3.8, 4) is 0 Å². The molecule has 0 aliphatic carbocycles. The first-order valence-electron chi connectivity index (χ1n) is 5.59. The van der Waals surface area contributed by atoms with Gasteiger partial charge in [0.25, 0.3) is 5.69 Å². The van der Waals surface area contributed by atoms with E-state index < -0.39 is 14.8 Å². The number of nitro benzene ring substituents is 1. The van der Waals surface area contributed by atoms with Crippen molar-refractivity contribution in [2.75, 3.05) is 18.1 Å². The van der Waals surface area contributed by atoms with Gasteiger partial charge in [-0.25, -0.2) is 8.42 Å². The Bertz CT molecular complexity index is 514. The van der Waals surface area contributed by atoms with E-state index in [2.05, 4.69) is 5.32 Å². The highest BCUT2D eigenvalue weighted by atomic mass is 32.2. The van der Waals surface area contributed by atoms with E-state index in [1.165, 1.54) is 6.07 Å². The number of hydrogen-bond donors (Lipinski definition) is 1. The maximum Gasteiger partial charge on any atom is 0.273 e. The molecule has 1 aromatic carbocycles. The zero-order valence-corrected chi connectivity index (χ0v) is 10.9. The van der Waals surface area contributed by atoms with Gasteiger partial charge in [-0.2, -0.15) is 0 Å². The molecule has 0 bridgehead atoms. The quantitative estimate of drug-likeness (QED) is 0.456. The molecule has 0 aromatic heterocycles. The molecule has 0 amide bonds. The Morgan fingerprint density at radius 3 is 2.61 bits per heavy atom. The predicted octanol–water partition coefficient (Wildman–Crippen LogP) is 1.12. The number of hydrogen-bond acceptors (Lipinski definition) is 5. The molecule has 0 heterocycles. The Morgan fingerprint density at radius 2 is 2.00 bits per heavy atom. The van der Waals surface area contributed by atoms with Crippen LogP contribution < -0.4 is 5.32 Å². The Labute approximate surface area is 106 Å². The van der Waals surface area contributed by atoms with Gasteiger partial charge in [0, 0.05) is 30.5 Å². The largest absolute Gasteiger partial charge is 0.311 e. The van der Waals surface area contributed by atoms with Crippen LogP contribution in [-0.2, 0) is 16.4 Å². The number of nitrogens with one attached hydrogen (secondary N) is 1. The van der Waals surface area contributed by atoms with Crippen LogP contribution in [0.15, 0.2) is 24.3 Å². The molecular weight excluding hydrogens is 256 g/mol. The van der Waals surface area contributed by atoms with Crippen molar-refractivity contribution in [1.29, 1.82) is 0 Å². The van der Waals surface area contributed by atoms with Crippen LogP contribution >= 0.6 is 0 Å². The number of sulfone groups is 1. The molecule has 0 fully saturated rings. The van der Waals surface area contributed by atoms with E-state index >= 15 is 0 Å². The first-order chi connectivity index (χ1) is 8.46. The average Bonchev–Trinajstić information content (AvgIpc) is 2.35. The van der Waals surface area contributed by atoms with Crippen molar-refractivity contribution in [1.82, 2.24) is 5.32 Å². The third-order valence-corrected chi connectivity index (χ3v) is 4.24. The molecule has 1 N–H and O–H groups in total. The number of nitro groups is 1. The van der Waals surface area contributed by atoms with Gasteiger partial charge in [0.1, 0.15) is 0 Å². The lowest BCUT2D eigenvalue weighted by Gasteiger charge is -2.05. The van der Waals surface area contributed by atoms with Crippen molar-refractivity contribution >= 4 is 15.5 Å². The molecule has 0 saturated heterocycles. The number of para-hydroxylation sites is 1. The molecule has 0 aliphatic heterocycles. The van der Waals surface area contributed by atoms with Gasteiger partial charge in [-0.05, 0) is 0 Å². The monoisotopic (exact) mass is 272 g/mol. The van der Waals surface area contributed by atoms with Crippen molar-refractivity contribution in [2.24, 2.45) is 0 Å². The maximum atomic E-state index is 11.2. The van der Waals surface area contributed by atoms with Gasteiger partial charge in [0.05, 0.1) is 10.7 Å². The number of nitrogens with zero attached hydrogens (tertiary/aromatic N) is 1. The SMILES string of the molecule is CCS(=O)(=O)CCNCc1ccccc1[N+](=O)[O-]. The van der Waals surface area contributed by atoms with Gasteiger partial charge < -0.3 is 5.32 Å². The molecule has 0 spiro atoms. The molecule has 0 saturated carbocycles. The fraction of sp³-hybridized carbons (Fsp3) is 0.455. The van der Waals surface area contributed by atoms with Crippen molar-refractivity contribution < 1.29 is 13.3 Å². The van der Waals surface area contributed by atoms with Gasteiger partial charge in [-0.1, -0.05) is 25.1 Å². The van der Waals surface area contributed by atoms with Gasteiger partial charge in [0.15, 0.2) is 9.84 Å². The summed E-state index contributed by atoms with van der Waals surface area (Å²) in [7, 11) is -3.00. The van der Waals surface area contributed by atoms with Gasteiger partial charge in [-0.15, -0.1) is 0 Å². The van der Waals surface area contributed by atoms with Crippen LogP contribution in [0.2, 0.25) is 0 Å². The zero-order chi connectivity index (χ0) is 13.6. The number of benzene rings is 1. The standard InChI is InChI=1S/C11H16N2O4S/c1-2-18(16,17)8-7-12-9-10-5-3-4-6-11(10)13(14)15/h3-6,12H,2,7-9H2,1H3.